The quantitative estimate of drug-likeness (QED) is 0.782. The number of likely N-dealkylation sites (N-methyl/N-ethyl adjacent to an activating group) is 1. The molecule has 1 saturated heterocycles. The minimum atomic E-state index is -0.742. The van der Waals surface area contributed by atoms with E-state index in [4.69, 9.17) is 4.74 Å². The van der Waals surface area contributed by atoms with Gasteiger partial charge in [-0.15, -0.1) is 0 Å². The van der Waals surface area contributed by atoms with E-state index in [1.165, 1.54) is 0 Å². The molecular formula is C19H23N5O3. The fourth-order valence-corrected chi connectivity index (χ4v) is 3.63. The number of aryl methyl sites for hydroxylation is 1. The number of hydrogen-bond acceptors (Lipinski definition) is 5. The van der Waals surface area contributed by atoms with Gasteiger partial charge in [-0.25, -0.2) is 0 Å². The van der Waals surface area contributed by atoms with Crippen LogP contribution in [-0.2, 0) is 27.9 Å². The van der Waals surface area contributed by atoms with Crippen molar-refractivity contribution in [1.82, 2.24) is 24.6 Å². The van der Waals surface area contributed by atoms with Gasteiger partial charge >= 0.3 is 0 Å². The molecule has 142 valence electrons. The summed E-state index contributed by atoms with van der Waals surface area (Å²) in [4.78, 5) is 33.4. The first kappa shape index (κ1) is 17.7. The molecule has 8 heteroatoms. The van der Waals surface area contributed by atoms with E-state index in [-0.39, 0.29) is 24.5 Å². The zero-order valence-corrected chi connectivity index (χ0v) is 15.5. The second kappa shape index (κ2) is 7.11. The number of nitrogens with zero attached hydrogens (tertiary/aromatic N) is 5. The molecular weight excluding hydrogens is 346 g/mol. The molecule has 3 heterocycles. The fraction of sp³-hybridized carbons (Fsp3) is 0.474. The largest absolute Gasteiger partial charge is 0.356 e. The maximum atomic E-state index is 13.2. The summed E-state index contributed by atoms with van der Waals surface area (Å²) in [7, 11) is 3.59. The molecule has 8 nitrogen and oxygen atoms in total. The van der Waals surface area contributed by atoms with E-state index in [2.05, 4.69) is 10.1 Å². The van der Waals surface area contributed by atoms with Gasteiger partial charge in [0.2, 0.25) is 5.91 Å². The number of carbonyl (C=O) groups is 2. The van der Waals surface area contributed by atoms with E-state index in [9.17, 15) is 9.59 Å². The maximum absolute atomic E-state index is 13.2. The van der Waals surface area contributed by atoms with Crippen LogP contribution in [0.2, 0.25) is 0 Å². The first-order chi connectivity index (χ1) is 13.0. The number of hydrogen-bond donors (Lipinski definition) is 0. The Hall–Kier alpha value is -2.74. The Bertz CT molecular complexity index is 833. The van der Waals surface area contributed by atoms with Crippen molar-refractivity contribution < 1.29 is 14.3 Å². The molecule has 27 heavy (non-hydrogen) atoms. The van der Waals surface area contributed by atoms with Crippen molar-refractivity contribution in [3.8, 4) is 0 Å². The molecule has 2 aromatic rings. The topological polar surface area (TPSA) is 80.6 Å². The highest BCUT2D eigenvalue weighted by Crippen LogP contribution is 2.39. The van der Waals surface area contributed by atoms with Crippen molar-refractivity contribution in [2.75, 3.05) is 13.7 Å². The summed E-state index contributed by atoms with van der Waals surface area (Å²) < 4.78 is 7.47. The molecule has 2 fully saturated rings. The van der Waals surface area contributed by atoms with E-state index in [1.807, 2.05) is 30.3 Å². The third-order valence-corrected chi connectivity index (χ3v) is 5.02. The van der Waals surface area contributed by atoms with E-state index in [1.54, 1.807) is 35.2 Å². The second-order valence-electron chi connectivity index (χ2n) is 7.21. The van der Waals surface area contributed by atoms with Gasteiger partial charge in [-0.2, -0.15) is 5.10 Å². The molecule has 2 amide bonds. The van der Waals surface area contributed by atoms with Crippen LogP contribution in [0.1, 0.15) is 30.0 Å². The number of carbonyl (C=O) groups excluding carboxylic acids is 2. The van der Waals surface area contributed by atoms with Gasteiger partial charge in [0.1, 0.15) is 6.61 Å². The maximum Gasteiger partial charge on any atom is 0.254 e. The summed E-state index contributed by atoms with van der Waals surface area (Å²) in [6, 6.07) is 3.46. The van der Waals surface area contributed by atoms with E-state index >= 15 is 0 Å². The third-order valence-electron chi connectivity index (χ3n) is 5.02. The van der Waals surface area contributed by atoms with Gasteiger partial charge in [-0.1, -0.05) is 6.07 Å². The third kappa shape index (κ3) is 3.57. The monoisotopic (exact) mass is 369 g/mol. The van der Waals surface area contributed by atoms with Crippen molar-refractivity contribution in [3.63, 3.8) is 0 Å². The zero-order valence-electron chi connectivity index (χ0n) is 15.5. The average Bonchev–Trinajstić information content (AvgIpc) is 3.43. The van der Waals surface area contributed by atoms with Gasteiger partial charge in [0.05, 0.1) is 12.2 Å². The van der Waals surface area contributed by atoms with Crippen LogP contribution in [0.15, 0.2) is 36.9 Å². The molecule has 0 N–H and O–H groups in total. The highest BCUT2D eigenvalue weighted by molar-refractivity contribution is 5.86. The van der Waals surface area contributed by atoms with Gasteiger partial charge in [0, 0.05) is 50.8 Å². The Balaban J connectivity index is 1.60. The molecule has 0 aromatic carbocycles. The minimum Gasteiger partial charge on any atom is -0.356 e. The Morgan fingerprint density at radius 1 is 1.37 bits per heavy atom. The molecule has 0 bridgehead atoms. The predicted molar refractivity (Wildman–Crippen MR) is 96.3 cm³/mol. The smallest absolute Gasteiger partial charge is 0.254 e. The second-order valence-corrected chi connectivity index (χ2v) is 7.21. The zero-order chi connectivity index (χ0) is 19.0. The molecule has 1 aliphatic heterocycles. The number of aromatic nitrogens is 3. The van der Waals surface area contributed by atoms with Crippen LogP contribution in [0, 0.1) is 0 Å². The molecule has 1 saturated carbocycles. The minimum absolute atomic E-state index is 0.0645. The highest BCUT2D eigenvalue weighted by atomic mass is 16.5. The van der Waals surface area contributed by atoms with Gasteiger partial charge in [-0.3, -0.25) is 19.3 Å². The van der Waals surface area contributed by atoms with E-state index in [0.717, 1.165) is 24.0 Å². The Morgan fingerprint density at radius 3 is 2.81 bits per heavy atom. The molecule has 1 aliphatic carbocycles. The van der Waals surface area contributed by atoms with Crippen LogP contribution in [0.25, 0.3) is 0 Å². The fourth-order valence-electron chi connectivity index (χ4n) is 3.63. The van der Waals surface area contributed by atoms with Crippen molar-refractivity contribution in [1.29, 1.82) is 0 Å². The summed E-state index contributed by atoms with van der Waals surface area (Å²) in [5.41, 5.74) is 1.77. The van der Waals surface area contributed by atoms with Gasteiger partial charge in [0.25, 0.3) is 5.91 Å². The SMILES string of the molecule is CN(Cc1cnn(C)c1)C(=O)C1OCC(=O)N(C2CC2)C1c1cccnc1. The normalized spacial score (nSPS) is 22.7. The molecule has 0 radical (unpaired) electrons. The lowest BCUT2D eigenvalue weighted by Gasteiger charge is -2.41. The number of rotatable bonds is 5. The van der Waals surface area contributed by atoms with Crippen molar-refractivity contribution >= 4 is 11.8 Å². The van der Waals surface area contributed by atoms with Crippen LogP contribution in [0.3, 0.4) is 0 Å². The first-order valence-electron chi connectivity index (χ1n) is 9.10. The van der Waals surface area contributed by atoms with Gasteiger partial charge in [0.15, 0.2) is 6.10 Å². The number of pyridine rings is 1. The van der Waals surface area contributed by atoms with E-state index < -0.39 is 12.1 Å². The molecule has 0 spiro atoms. The van der Waals surface area contributed by atoms with Gasteiger partial charge in [-0.05, 0) is 24.5 Å². The molecule has 2 aromatic heterocycles. The average molecular weight is 369 g/mol. The highest BCUT2D eigenvalue weighted by Gasteiger charge is 2.48. The lowest BCUT2D eigenvalue weighted by molar-refractivity contribution is -0.170. The van der Waals surface area contributed by atoms with Crippen LogP contribution < -0.4 is 0 Å². The van der Waals surface area contributed by atoms with Crippen LogP contribution in [0.5, 0.6) is 0 Å². The number of morpholine rings is 1. The van der Waals surface area contributed by atoms with Crippen molar-refractivity contribution in [3.05, 3.63) is 48.0 Å². The summed E-state index contributed by atoms with van der Waals surface area (Å²) in [6.07, 6.45) is 8.21. The predicted octanol–water partition coefficient (Wildman–Crippen LogP) is 0.905. The van der Waals surface area contributed by atoms with Crippen molar-refractivity contribution in [2.45, 2.75) is 37.6 Å². The Labute approximate surface area is 157 Å². The lowest BCUT2D eigenvalue weighted by atomic mass is 9.97. The summed E-state index contributed by atoms with van der Waals surface area (Å²) >= 11 is 0. The summed E-state index contributed by atoms with van der Waals surface area (Å²) in [6.45, 7) is 0.369. The van der Waals surface area contributed by atoms with Gasteiger partial charge < -0.3 is 14.5 Å². The Kier molecular flexibility index (Phi) is 4.65. The Morgan fingerprint density at radius 2 is 2.19 bits per heavy atom. The number of amides is 2. The lowest BCUT2D eigenvalue weighted by Crippen LogP contribution is -2.55. The summed E-state index contributed by atoms with van der Waals surface area (Å²) in [5, 5.41) is 4.14. The number of ether oxygens (including phenoxy) is 1. The van der Waals surface area contributed by atoms with Crippen LogP contribution in [0.4, 0.5) is 0 Å². The van der Waals surface area contributed by atoms with Crippen LogP contribution >= 0.6 is 0 Å². The first-order valence-corrected chi connectivity index (χ1v) is 9.10. The molecule has 2 atom stereocenters. The summed E-state index contributed by atoms with van der Waals surface area (Å²) in [5.74, 6) is -0.212. The van der Waals surface area contributed by atoms with Crippen LogP contribution in [-0.4, -0.2) is 62.2 Å². The molecule has 4 rings (SSSR count). The standard InChI is InChI=1S/C19H23N5O3/c1-22(10-13-8-21-23(2)11-13)19(26)18-17(14-4-3-7-20-9-14)24(15-5-6-15)16(25)12-27-18/h3-4,7-9,11,15,17-18H,5-6,10,12H2,1-2H3. The molecule has 2 unspecified atom stereocenters. The molecule has 2 aliphatic rings. The van der Waals surface area contributed by atoms with E-state index in [0.29, 0.717) is 6.54 Å². The van der Waals surface area contributed by atoms with Crippen molar-refractivity contribution in [2.24, 2.45) is 7.05 Å².